The number of benzene rings is 1. The van der Waals surface area contributed by atoms with E-state index in [2.05, 4.69) is 6.07 Å². The lowest BCUT2D eigenvalue weighted by atomic mass is 10.1. The molecule has 0 saturated carbocycles. The first-order valence-electron chi connectivity index (χ1n) is 7.81. The summed E-state index contributed by atoms with van der Waals surface area (Å²) in [6, 6.07) is 7.96. The van der Waals surface area contributed by atoms with E-state index in [1.54, 1.807) is 0 Å². The normalized spacial score (nSPS) is 10.7. The van der Waals surface area contributed by atoms with E-state index < -0.39 is 0 Å². The summed E-state index contributed by atoms with van der Waals surface area (Å²) in [5.74, 6) is -0.342. The number of aromatic nitrogens is 1. The van der Waals surface area contributed by atoms with E-state index >= 15 is 0 Å². The van der Waals surface area contributed by atoms with Gasteiger partial charge in [0.15, 0.2) is 6.61 Å². The molecule has 0 aliphatic heterocycles. The summed E-state index contributed by atoms with van der Waals surface area (Å²) in [4.78, 5) is 25.2. The number of hydrogen-bond donors (Lipinski definition) is 0. The van der Waals surface area contributed by atoms with Gasteiger partial charge in [0.25, 0.3) is 0 Å². The Morgan fingerprint density at radius 2 is 1.83 bits per heavy atom. The Kier molecular flexibility index (Phi) is 5.89. The van der Waals surface area contributed by atoms with E-state index in [0.717, 1.165) is 27.4 Å². The first-order chi connectivity index (χ1) is 11.3. The molecule has 24 heavy (non-hydrogen) atoms. The van der Waals surface area contributed by atoms with Crippen LogP contribution in [0.5, 0.6) is 0 Å². The third kappa shape index (κ3) is 4.29. The van der Waals surface area contributed by atoms with Crippen LogP contribution in [0.4, 0.5) is 0 Å². The number of aryl methyl sites for hydroxylation is 3. The average molecular weight is 345 g/mol. The van der Waals surface area contributed by atoms with Crippen LogP contribution in [0.3, 0.4) is 0 Å². The van der Waals surface area contributed by atoms with Crippen LogP contribution in [0.15, 0.2) is 29.2 Å². The van der Waals surface area contributed by atoms with Crippen molar-refractivity contribution in [1.29, 1.82) is 0 Å². The van der Waals surface area contributed by atoms with Crippen molar-refractivity contribution in [3.8, 4) is 0 Å². The SMILES string of the molecule is Cc1ccc(C)c(SCC(=O)OCC(=O)c2cc(C)n(C)c2C)c1. The van der Waals surface area contributed by atoms with Crippen molar-refractivity contribution in [2.24, 2.45) is 7.05 Å². The lowest BCUT2D eigenvalue weighted by molar-refractivity contribution is -0.139. The summed E-state index contributed by atoms with van der Waals surface area (Å²) in [6.07, 6.45) is 0. The molecule has 0 atom stereocenters. The second-order valence-corrected chi connectivity index (χ2v) is 7.00. The quantitative estimate of drug-likeness (QED) is 0.454. The highest BCUT2D eigenvalue weighted by Gasteiger charge is 2.16. The minimum absolute atomic E-state index is 0.165. The molecule has 1 aromatic heterocycles. The molecule has 0 radical (unpaired) electrons. The predicted molar refractivity (Wildman–Crippen MR) is 96.8 cm³/mol. The summed E-state index contributed by atoms with van der Waals surface area (Å²) < 4.78 is 7.09. The third-order valence-electron chi connectivity index (χ3n) is 4.13. The minimum Gasteiger partial charge on any atom is -0.457 e. The first kappa shape index (κ1) is 18.3. The number of Topliss-reactive ketones (excluding diaryl/α,β-unsaturated/α-hetero) is 1. The second kappa shape index (κ2) is 7.71. The number of carbonyl (C=O) groups excluding carboxylic acids is 2. The maximum atomic E-state index is 12.2. The number of nitrogens with zero attached hydrogens (tertiary/aromatic N) is 1. The topological polar surface area (TPSA) is 48.3 Å². The Hall–Kier alpha value is -2.01. The Bertz CT molecular complexity index is 777. The maximum Gasteiger partial charge on any atom is 0.316 e. The zero-order chi connectivity index (χ0) is 17.9. The van der Waals surface area contributed by atoms with E-state index in [1.165, 1.54) is 11.8 Å². The van der Waals surface area contributed by atoms with Crippen molar-refractivity contribution in [3.05, 3.63) is 52.3 Å². The number of ketones is 1. The lowest BCUT2D eigenvalue weighted by Crippen LogP contribution is -2.16. The number of carbonyl (C=O) groups is 2. The molecule has 2 aromatic rings. The third-order valence-corrected chi connectivity index (χ3v) is 5.26. The summed E-state index contributed by atoms with van der Waals surface area (Å²) in [5, 5.41) is 0. The summed E-state index contributed by atoms with van der Waals surface area (Å²) in [7, 11) is 1.91. The molecule has 128 valence electrons. The predicted octanol–water partition coefficient (Wildman–Crippen LogP) is 3.78. The van der Waals surface area contributed by atoms with Crippen LogP contribution < -0.4 is 0 Å². The molecule has 5 heteroatoms. The van der Waals surface area contributed by atoms with Crippen LogP contribution in [0.1, 0.15) is 32.9 Å². The van der Waals surface area contributed by atoms with E-state index in [9.17, 15) is 9.59 Å². The zero-order valence-electron chi connectivity index (χ0n) is 14.8. The average Bonchev–Trinajstić information content (AvgIpc) is 2.81. The van der Waals surface area contributed by atoms with Crippen molar-refractivity contribution in [2.45, 2.75) is 32.6 Å². The molecule has 0 bridgehead atoms. The fourth-order valence-electron chi connectivity index (χ4n) is 2.40. The second-order valence-electron chi connectivity index (χ2n) is 5.99. The fourth-order valence-corrected chi connectivity index (χ4v) is 3.32. The van der Waals surface area contributed by atoms with Crippen molar-refractivity contribution in [3.63, 3.8) is 0 Å². The molecule has 1 aromatic carbocycles. The van der Waals surface area contributed by atoms with Crippen molar-refractivity contribution in [1.82, 2.24) is 4.57 Å². The van der Waals surface area contributed by atoms with E-state index in [0.29, 0.717) is 5.56 Å². The van der Waals surface area contributed by atoms with Crippen LogP contribution >= 0.6 is 11.8 Å². The van der Waals surface area contributed by atoms with Gasteiger partial charge in [0.1, 0.15) is 0 Å². The number of ether oxygens (including phenoxy) is 1. The minimum atomic E-state index is -0.375. The van der Waals surface area contributed by atoms with Gasteiger partial charge in [0, 0.05) is 28.9 Å². The number of thioether (sulfide) groups is 1. The number of hydrogen-bond acceptors (Lipinski definition) is 4. The van der Waals surface area contributed by atoms with Crippen LogP contribution in [0, 0.1) is 27.7 Å². The van der Waals surface area contributed by atoms with Crippen molar-refractivity contribution < 1.29 is 14.3 Å². The smallest absolute Gasteiger partial charge is 0.316 e. The van der Waals surface area contributed by atoms with Crippen LogP contribution in [0.25, 0.3) is 0 Å². The van der Waals surface area contributed by atoms with Crippen LogP contribution in [-0.2, 0) is 16.6 Å². The van der Waals surface area contributed by atoms with Gasteiger partial charge in [-0.3, -0.25) is 9.59 Å². The van der Waals surface area contributed by atoms with Crippen molar-refractivity contribution >= 4 is 23.5 Å². The lowest BCUT2D eigenvalue weighted by Gasteiger charge is -2.07. The largest absolute Gasteiger partial charge is 0.457 e. The van der Waals surface area contributed by atoms with Gasteiger partial charge in [0.05, 0.1) is 5.75 Å². The highest BCUT2D eigenvalue weighted by molar-refractivity contribution is 8.00. The molecular weight excluding hydrogens is 322 g/mol. The molecule has 0 unspecified atom stereocenters. The van der Waals surface area contributed by atoms with Gasteiger partial charge in [-0.05, 0) is 45.4 Å². The molecule has 1 heterocycles. The molecule has 0 amide bonds. The van der Waals surface area contributed by atoms with E-state index in [1.807, 2.05) is 57.5 Å². The summed E-state index contributed by atoms with van der Waals surface area (Å²) >= 11 is 1.44. The van der Waals surface area contributed by atoms with Gasteiger partial charge in [0.2, 0.25) is 5.78 Å². The molecular formula is C19H23NO3S. The molecule has 0 saturated heterocycles. The maximum absolute atomic E-state index is 12.2. The van der Waals surface area contributed by atoms with Crippen LogP contribution in [-0.4, -0.2) is 28.7 Å². The number of esters is 1. The van der Waals surface area contributed by atoms with Gasteiger partial charge in [-0.1, -0.05) is 17.7 Å². The van der Waals surface area contributed by atoms with Gasteiger partial charge < -0.3 is 9.30 Å². The van der Waals surface area contributed by atoms with Crippen LogP contribution in [0.2, 0.25) is 0 Å². The van der Waals surface area contributed by atoms with E-state index in [-0.39, 0.29) is 24.1 Å². The zero-order valence-corrected chi connectivity index (χ0v) is 15.6. The first-order valence-corrected chi connectivity index (χ1v) is 8.80. The van der Waals surface area contributed by atoms with Gasteiger partial charge in [-0.25, -0.2) is 0 Å². The Labute approximate surface area is 147 Å². The highest BCUT2D eigenvalue weighted by atomic mass is 32.2. The standard InChI is InChI=1S/C19H23NO3S/c1-12-6-7-13(2)18(8-12)24-11-19(22)23-10-17(21)16-9-14(3)20(5)15(16)4/h6-9H,10-11H2,1-5H3. The highest BCUT2D eigenvalue weighted by Crippen LogP contribution is 2.23. The Morgan fingerprint density at radius 1 is 1.12 bits per heavy atom. The van der Waals surface area contributed by atoms with Gasteiger partial charge in [-0.2, -0.15) is 0 Å². The monoisotopic (exact) mass is 345 g/mol. The summed E-state index contributed by atoms with van der Waals surface area (Å²) in [5.41, 5.74) is 4.79. The molecule has 0 fully saturated rings. The molecule has 2 rings (SSSR count). The molecule has 0 aliphatic carbocycles. The molecule has 0 aliphatic rings. The van der Waals surface area contributed by atoms with E-state index in [4.69, 9.17) is 4.74 Å². The Morgan fingerprint density at radius 3 is 2.46 bits per heavy atom. The molecule has 0 N–H and O–H groups in total. The molecule has 0 spiro atoms. The van der Waals surface area contributed by atoms with Crippen molar-refractivity contribution in [2.75, 3.05) is 12.4 Å². The fraction of sp³-hybridized carbons (Fsp3) is 0.368. The number of rotatable bonds is 6. The van der Waals surface area contributed by atoms with Gasteiger partial charge in [-0.15, -0.1) is 11.8 Å². The summed E-state index contributed by atoms with van der Waals surface area (Å²) in [6.45, 7) is 7.65. The van der Waals surface area contributed by atoms with Gasteiger partial charge >= 0.3 is 5.97 Å². The molecule has 4 nitrogen and oxygen atoms in total. The Balaban J connectivity index is 1.88.